The van der Waals surface area contributed by atoms with Crippen LogP contribution < -0.4 is 0 Å². The van der Waals surface area contributed by atoms with Gasteiger partial charge < -0.3 is 0 Å². The Kier molecular flexibility index (Phi) is 4.10. The highest BCUT2D eigenvalue weighted by atomic mass is 32.2. The van der Waals surface area contributed by atoms with Crippen LogP contribution in [0.15, 0.2) is 24.3 Å². The summed E-state index contributed by atoms with van der Waals surface area (Å²) >= 11 is 0. The average molecular weight is 298 g/mol. The maximum Gasteiger partial charge on any atom is 0.269 e. The summed E-state index contributed by atoms with van der Waals surface area (Å²) in [5.74, 6) is 0.338. The van der Waals surface area contributed by atoms with E-state index < -0.39 is 14.9 Å². The molecule has 0 radical (unpaired) electrons. The maximum atomic E-state index is 12.3. The van der Waals surface area contributed by atoms with Crippen molar-refractivity contribution in [2.45, 2.75) is 31.6 Å². The highest BCUT2D eigenvalue weighted by Crippen LogP contribution is 2.35. The molecular formula is C13H18N2O4S. The lowest BCUT2D eigenvalue weighted by molar-refractivity contribution is -0.384. The first-order chi connectivity index (χ1) is 9.31. The van der Waals surface area contributed by atoms with Crippen LogP contribution in [0.3, 0.4) is 0 Å². The standard InChI is InChI=1S/C13H18N2O4S/c1-10(12-5-6-12)14(2)20(18,19)9-11-3-7-13(8-4-11)15(16)17/h3-4,7-8,10,12H,5-6,9H2,1-2H3/t10-/m1/s1. The van der Waals surface area contributed by atoms with Gasteiger partial charge in [0.25, 0.3) is 5.69 Å². The molecule has 1 aromatic rings. The predicted octanol–water partition coefficient (Wildman–Crippen LogP) is 2.15. The molecule has 0 aromatic heterocycles. The first-order valence-electron chi connectivity index (χ1n) is 6.50. The van der Waals surface area contributed by atoms with Crippen LogP contribution in [0.5, 0.6) is 0 Å². The van der Waals surface area contributed by atoms with Crippen LogP contribution in [0.4, 0.5) is 5.69 Å². The highest BCUT2D eigenvalue weighted by molar-refractivity contribution is 7.88. The van der Waals surface area contributed by atoms with Gasteiger partial charge in [-0.1, -0.05) is 12.1 Å². The van der Waals surface area contributed by atoms with Crippen molar-refractivity contribution >= 4 is 15.7 Å². The molecule has 1 fully saturated rings. The number of rotatable bonds is 6. The molecule has 0 bridgehead atoms. The molecule has 110 valence electrons. The summed E-state index contributed by atoms with van der Waals surface area (Å²) in [6, 6.07) is 5.65. The third kappa shape index (κ3) is 3.34. The third-order valence-corrected chi connectivity index (χ3v) is 5.72. The molecule has 0 aliphatic heterocycles. The molecule has 0 heterocycles. The van der Waals surface area contributed by atoms with E-state index in [9.17, 15) is 18.5 Å². The Balaban J connectivity index is 2.09. The Morgan fingerprint density at radius 3 is 2.35 bits per heavy atom. The molecule has 0 saturated heterocycles. The number of non-ortho nitro benzene ring substituents is 1. The Bertz CT molecular complexity index is 593. The maximum absolute atomic E-state index is 12.3. The molecular weight excluding hydrogens is 280 g/mol. The largest absolute Gasteiger partial charge is 0.269 e. The minimum atomic E-state index is -3.39. The van der Waals surface area contributed by atoms with E-state index >= 15 is 0 Å². The van der Waals surface area contributed by atoms with Crippen LogP contribution in [-0.2, 0) is 15.8 Å². The highest BCUT2D eigenvalue weighted by Gasteiger charge is 2.35. The zero-order valence-electron chi connectivity index (χ0n) is 11.5. The average Bonchev–Trinajstić information content (AvgIpc) is 3.21. The van der Waals surface area contributed by atoms with Gasteiger partial charge in [-0.15, -0.1) is 0 Å². The van der Waals surface area contributed by atoms with Crippen molar-refractivity contribution in [1.29, 1.82) is 0 Å². The lowest BCUT2D eigenvalue weighted by atomic mass is 10.2. The van der Waals surface area contributed by atoms with Crippen molar-refractivity contribution in [2.75, 3.05) is 7.05 Å². The number of nitro groups is 1. The van der Waals surface area contributed by atoms with Crippen LogP contribution in [0.2, 0.25) is 0 Å². The van der Waals surface area contributed by atoms with Gasteiger partial charge in [0.2, 0.25) is 10.0 Å². The predicted molar refractivity (Wildman–Crippen MR) is 75.7 cm³/mol. The number of sulfonamides is 1. The molecule has 2 rings (SSSR count). The van der Waals surface area contributed by atoms with Gasteiger partial charge in [-0.05, 0) is 31.2 Å². The summed E-state index contributed by atoms with van der Waals surface area (Å²) in [5.41, 5.74) is 0.524. The van der Waals surface area contributed by atoms with Gasteiger partial charge in [0.05, 0.1) is 10.7 Å². The fourth-order valence-corrected chi connectivity index (χ4v) is 3.65. The zero-order valence-corrected chi connectivity index (χ0v) is 12.3. The first kappa shape index (κ1) is 14.9. The quantitative estimate of drug-likeness (QED) is 0.595. The second-order valence-electron chi connectivity index (χ2n) is 5.27. The second-order valence-corrected chi connectivity index (χ2v) is 7.30. The van der Waals surface area contributed by atoms with Gasteiger partial charge in [-0.25, -0.2) is 12.7 Å². The minimum Gasteiger partial charge on any atom is -0.258 e. The van der Waals surface area contributed by atoms with Crippen molar-refractivity contribution in [3.05, 3.63) is 39.9 Å². The molecule has 1 saturated carbocycles. The lowest BCUT2D eigenvalue weighted by Crippen LogP contribution is -2.37. The Morgan fingerprint density at radius 2 is 1.90 bits per heavy atom. The normalized spacial score (nSPS) is 17.1. The summed E-state index contributed by atoms with van der Waals surface area (Å²) in [6.07, 6.45) is 2.16. The fourth-order valence-electron chi connectivity index (χ4n) is 2.16. The van der Waals surface area contributed by atoms with Crippen LogP contribution in [-0.4, -0.2) is 30.7 Å². The molecule has 0 spiro atoms. The van der Waals surface area contributed by atoms with E-state index in [2.05, 4.69) is 0 Å². The number of hydrogen-bond donors (Lipinski definition) is 0. The summed E-state index contributed by atoms with van der Waals surface area (Å²) in [5, 5.41) is 10.6. The second kappa shape index (κ2) is 5.49. The summed E-state index contributed by atoms with van der Waals surface area (Å²) in [4.78, 5) is 10.1. The Labute approximate surface area is 118 Å². The van der Waals surface area contributed by atoms with E-state index in [1.165, 1.54) is 28.6 Å². The molecule has 20 heavy (non-hydrogen) atoms. The summed E-state index contributed by atoms with van der Waals surface area (Å²) in [7, 11) is -1.79. The van der Waals surface area contributed by atoms with Gasteiger partial charge in [-0.3, -0.25) is 10.1 Å². The number of hydrogen-bond acceptors (Lipinski definition) is 4. The monoisotopic (exact) mass is 298 g/mol. The first-order valence-corrected chi connectivity index (χ1v) is 8.11. The van der Waals surface area contributed by atoms with E-state index in [1.807, 2.05) is 6.92 Å². The lowest BCUT2D eigenvalue weighted by Gasteiger charge is -2.24. The third-order valence-electron chi connectivity index (χ3n) is 3.81. The van der Waals surface area contributed by atoms with Crippen molar-refractivity contribution in [3.63, 3.8) is 0 Å². The van der Waals surface area contributed by atoms with Crippen LogP contribution in [0.25, 0.3) is 0 Å². The van der Waals surface area contributed by atoms with Gasteiger partial charge in [0, 0.05) is 25.2 Å². The Morgan fingerprint density at radius 1 is 1.35 bits per heavy atom. The van der Waals surface area contributed by atoms with Crippen molar-refractivity contribution in [2.24, 2.45) is 5.92 Å². The van der Waals surface area contributed by atoms with Gasteiger partial charge in [-0.2, -0.15) is 0 Å². The Hall–Kier alpha value is -1.47. The SMILES string of the molecule is C[C@H](C1CC1)N(C)S(=O)(=O)Cc1ccc([N+](=O)[O-])cc1. The molecule has 0 N–H and O–H groups in total. The molecule has 7 heteroatoms. The van der Waals surface area contributed by atoms with E-state index in [1.54, 1.807) is 7.05 Å². The smallest absolute Gasteiger partial charge is 0.258 e. The number of benzene rings is 1. The molecule has 1 aromatic carbocycles. The van der Waals surface area contributed by atoms with Gasteiger partial charge >= 0.3 is 0 Å². The summed E-state index contributed by atoms with van der Waals surface area (Å²) in [6.45, 7) is 1.92. The van der Waals surface area contributed by atoms with E-state index in [-0.39, 0.29) is 17.5 Å². The number of nitro benzene ring substituents is 1. The summed E-state index contributed by atoms with van der Waals surface area (Å²) < 4.78 is 26.0. The zero-order chi connectivity index (χ0) is 14.9. The van der Waals surface area contributed by atoms with Crippen molar-refractivity contribution in [3.8, 4) is 0 Å². The molecule has 0 unspecified atom stereocenters. The molecule has 0 amide bonds. The van der Waals surface area contributed by atoms with Crippen LogP contribution >= 0.6 is 0 Å². The molecule has 1 aliphatic rings. The van der Waals surface area contributed by atoms with Crippen molar-refractivity contribution < 1.29 is 13.3 Å². The van der Waals surface area contributed by atoms with Crippen LogP contribution in [0, 0.1) is 16.0 Å². The van der Waals surface area contributed by atoms with E-state index in [0.29, 0.717) is 11.5 Å². The number of nitrogens with zero attached hydrogens (tertiary/aromatic N) is 2. The minimum absolute atomic E-state index is 0.0121. The van der Waals surface area contributed by atoms with Crippen LogP contribution in [0.1, 0.15) is 25.3 Å². The fraction of sp³-hybridized carbons (Fsp3) is 0.538. The van der Waals surface area contributed by atoms with Gasteiger partial charge in [0.15, 0.2) is 0 Å². The van der Waals surface area contributed by atoms with Crippen molar-refractivity contribution in [1.82, 2.24) is 4.31 Å². The molecule has 1 atom stereocenters. The topological polar surface area (TPSA) is 80.5 Å². The van der Waals surface area contributed by atoms with E-state index in [0.717, 1.165) is 12.8 Å². The molecule has 1 aliphatic carbocycles. The molecule has 6 nitrogen and oxygen atoms in total. The van der Waals surface area contributed by atoms with Gasteiger partial charge in [0.1, 0.15) is 0 Å². The van der Waals surface area contributed by atoms with E-state index in [4.69, 9.17) is 0 Å².